The van der Waals surface area contributed by atoms with Crippen LogP contribution in [0, 0.1) is 5.82 Å². The zero-order valence-electron chi connectivity index (χ0n) is 7.31. The fraction of sp³-hybridized carbons (Fsp3) is 0. The van der Waals surface area contributed by atoms with Gasteiger partial charge in [0.15, 0.2) is 0 Å². The minimum absolute atomic E-state index is 0.369. The van der Waals surface area contributed by atoms with Gasteiger partial charge in [-0.1, -0.05) is 6.07 Å². The smallest absolute Gasteiger partial charge is 0.134 e. The first-order chi connectivity index (χ1) is 6.81. The Kier molecular flexibility index (Phi) is 2.10. The Morgan fingerprint density at radius 3 is 3.07 bits per heavy atom. The lowest BCUT2D eigenvalue weighted by Gasteiger charge is -1.99. The highest BCUT2D eigenvalue weighted by Gasteiger charge is 2.02. The summed E-state index contributed by atoms with van der Waals surface area (Å²) in [5, 5.41) is 4.15. The molecule has 0 saturated carbocycles. The van der Waals surface area contributed by atoms with Gasteiger partial charge in [-0.05, 0) is 12.1 Å². The number of aromatic nitrogens is 1. The lowest BCUT2D eigenvalue weighted by atomic mass is 10.1. The van der Waals surface area contributed by atoms with Crippen LogP contribution in [0.3, 0.4) is 0 Å². The molecule has 4 heteroatoms. The maximum absolute atomic E-state index is 13.3. The summed E-state index contributed by atoms with van der Waals surface area (Å²) in [5.74, 6) is 4.59. The fourth-order valence-electron chi connectivity index (χ4n) is 1.29. The van der Waals surface area contributed by atoms with E-state index in [0.29, 0.717) is 11.1 Å². The monoisotopic (exact) mass is 189 g/mol. The van der Waals surface area contributed by atoms with E-state index in [1.54, 1.807) is 18.3 Å². The number of fused-ring (bicyclic) bond motifs is 1. The first kappa shape index (κ1) is 8.62. The largest absolute Gasteiger partial charge is 0.323 e. The summed E-state index contributed by atoms with van der Waals surface area (Å²) < 4.78 is 13.3. The maximum Gasteiger partial charge on any atom is 0.134 e. The molecule has 0 aliphatic rings. The van der Waals surface area contributed by atoms with Crippen LogP contribution in [0.25, 0.3) is 10.9 Å². The lowest BCUT2D eigenvalue weighted by Crippen LogP contribution is -1.92. The highest BCUT2D eigenvalue weighted by atomic mass is 19.1. The third-order valence-corrected chi connectivity index (χ3v) is 1.94. The Labute approximate surface area is 80.1 Å². The van der Waals surface area contributed by atoms with Crippen molar-refractivity contribution >= 4 is 17.1 Å². The second-order valence-corrected chi connectivity index (χ2v) is 2.85. The number of nitrogens with two attached hydrogens (primary N) is 1. The van der Waals surface area contributed by atoms with Crippen LogP contribution in [-0.4, -0.2) is 11.2 Å². The highest BCUT2D eigenvalue weighted by molar-refractivity contribution is 5.88. The maximum atomic E-state index is 13.3. The van der Waals surface area contributed by atoms with Gasteiger partial charge >= 0.3 is 0 Å². The second-order valence-electron chi connectivity index (χ2n) is 2.85. The van der Waals surface area contributed by atoms with E-state index in [1.807, 2.05) is 6.07 Å². The Bertz CT molecular complexity index is 494. The van der Waals surface area contributed by atoms with Crippen molar-refractivity contribution in [3.63, 3.8) is 0 Å². The third kappa shape index (κ3) is 1.42. The first-order valence-electron chi connectivity index (χ1n) is 4.09. The van der Waals surface area contributed by atoms with Gasteiger partial charge in [-0.2, -0.15) is 5.10 Å². The number of hydrogen-bond donors (Lipinski definition) is 1. The molecule has 70 valence electrons. The van der Waals surface area contributed by atoms with Crippen LogP contribution in [0.5, 0.6) is 0 Å². The van der Waals surface area contributed by atoms with Crippen molar-refractivity contribution in [2.75, 3.05) is 0 Å². The molecule has 0 aliphatic heterocycles. The van der Waals surface area contributed by atoms with E-state index in [9.17, 15) is 4.39 Å². The van der Waals surface area contributed by atoms with Crippen LogP contribution < -0.4 is 5.84 Å². The van der Waals surface area contributed by atoms with E-state index >= 15 is 0 Å². The Morgan fingerprint density at radius 2 is 2.29 bits per heavy atom. The van der Waals surface area contributed by atoms with Crippen molar-refractivity contribution in [1.82, 2.24) is 4.98 Å². The summed E-state index contributed by atoms with van der Waals surface area (Å²) in [4.78, 5) is 4.03. The van der Waals surface area contributed by atoms with Crippen LogP contribution in [0.2, 0.25) is 0 Å². The van der Waals surface area contributed by atoms with E-state index < -0.39 is 0 Å². The molecule has 14 heavy (non-hydrogen) atoms. The molecule has 0 spiro atoms. The molecule has 0 unspecified atom stereocenters. The van der Waals surface area contributed by atoms with E-state index in [0.717, 1.165) is 5.39 Å². The summed E-state index contributed by atoms with van der Waals surface area (Å²) >= 11 is 0. The standard InChI is InChI=1S/C10H8FN3/c11-9-5-10-7(2-1-3-13-10)4-8(9)6-14-12/h1-6H,12H2. The van der Waals surface area contributed by atoms with Crippen molar-refractivity contribution < 1.29 is 4.39 Å². The first-order valence-corrected chi connectivity index (χ1v) is 4.09. The molecule has 0 bridgehead atoms. The van der Waals surface area contributed by atoms with Gasteiger partial charge < -0.3 is 5.84 Å². The van der Waals surface area contributed by atoms with Gasteiger partial charge in [-0.15, -0.1) is 0 Å². The van der Waals surface area contributed by atoms with Gasteiger partial charge in [0.1, 0.15) is 5.82 Å². The van der Waals surface area contributed by atoms with E-state index in [-0.39, 0.29) is 5.82 Å². The quantitative estimate of drug-likeness (QED) is 0.421. The molecule has 0 atom stereocenters. The number of pyridine rings is 1. The molecule has 0 amide bonds. The number of nitrogens with zero attached hydrogens (tertiary/aromatic N) is 2. The highest BCUT2D eigenvalue weighted by Crippen LogP contribution is 2.15. The minimum atomic E-state index is -0.370. The van der Waals surface area contributed by atoms with Crippen molar-refractivity contribution in [2.45, 2.75) is 0 Å². The molecule has 2 N–H and O–H groups in total. The molecular weight excluding hydrogens is 181 g/mol. The van der Waals surface area contributed by atoms with Crippen molar-refractivity contribution in [3.8, 4) is 0 Å². The summed E-state index contributed by atoms with van der Waals surface area (Å²) in [6.07, 6.45) is 2.90. The van der Waals surface area contributed by atoms with Gasteiger partial charge in [0.05, 0.1) is 11.7 Å². The predicted molar refractivity (Wildman–Crippen MR) is 53.5 cm³/mol. The normalized spacial score (nSPS) is 11.2. The molecule has 1 aromatic carbocycles. The molecular formula is C10H8FN3. The Morgan fingerprint density at radius 1 is 1.43 bits per heavy atom. The predicted octanol–water partition coefficient (Wildman–Crippen LogP) is 1.67. The summed E-state index contributed by atoms with van der Waals surface area (Å²) in [6.45, 7) is 0. The third-order valence-electron chi connectivity index (χ3n) is 1.94. The van der Waals surface area contributed by atoms with E-state index in [2.05, 4.69) is 10.1 Å². The molecule has 2 rings (SSSR count). The average Bonchev–Trinajstić information content (AvgIpc) is 2.19. The zero-order valence-corrected chi connectivity index (χ0v) is 7.31. The summed E-state index contributed by atoms with van der Waals surface area (Å²) in [6, 6.07) is 6.68. The molecule has 0 radical (unpaired) electrons. The van der Waals surface area contributed by atoms with Crippen LogP contribution >= 0.6 is 0 Å². The number of rotatable bonds is 1. The van der Waals surface area contributed by atoms with Gasteiger partial charge in [0, 0.05) is 23.2 Å². The molecule has 0 saturated heterocycles. The zero-order chi connectivity index (χ0) is 9.97. The minimum Gasteiger partial charge on any atom is -0.323 e. The topological polar surface area (TPSA) is 51.3 Å². The van der Waals surface area contributed by atoms with Crippen LogP contribution in [0.4, 0.5) is 4.39 Å². The van der Waals surface area contributed by atoms with Crippen LogP contribution in [-0.2, 0) is 0 Å². The molecule has 3 nitrogen and oxygen atoms in total. The number of hydrogen-bond acceptors (Lipinski definition) is 3. The van der Waals surface area contributed by atoms with Gasteiger partial charge in [0.25, 0.3) is 0 Å². The van der Waals surface area contributed by atoms with E-state index in [1.165, 1.54) is 12.3 Å². The molecule has 0 fully saturated rings. The van der Waals surface area contributed by atoms with Gasteiger partial charge in [-0.25, -0.2) is 4.39 Å². The number of halogens is 1. The van der Waals surface area contributed by atoms with Gasteiger partial charge in [-0.3, -0.25) is 4.98 Å². The molecule has 1 heterocycles. The van der Waals surface area contributed by atoms with Gasteiger partial charge in [0.2, 0.25) is 0 Å². The Balaban J connectivity index is 2.70. The van der Waals surface area contributed by atoms with Crippen LogP contribution in [0.1, 0.15) is 5.56 Å². The molecule has 2 aromatic rings. The molecule has 0 aliphatic carbocycles. The summed E-state index contributed by atoms with van der Waals surface area (Å²) in [7, 11) is 0. The number of hydrazone groups is 1. The second kappa shape index (κ2) is 3.41. The fourth-order valence-corrected chi connectivity index (χ4v) is 1.29. The van der Waals surface area contributed by atoms with Crippen molar-refractivity contribution in [1.29, 1.82) is 0 Å². The van der Waals surface area contributed by atoms with Crippen LogP contribution in [0.15, 0.2) is 35.6 Å². The van der Waals surface area contributed by atoms with Crippen molar-refractivity contribution in [3.05, 3.63) is 41.8 Å². The SMILES string of the molecule is NN=Cc1cc2cccnc2cc1F. The molecule has 1 aromatic heterocycles. The van der Waals surface area contributed by atoms with Crippen molar-refractivity contribution in [2.24, 2.45) is 10.9 Å². The van der Waals surface area contributed by atoms with E-state index in [4.69, 9.17) is 5.84 Å². The summed E-state index contributed by atoms with van der Waals surface area (Å²) in [5.41, 5.74) is 0.993. The lowest BCUT2D eigenvalue weighted by molar-refractivity contribution is 0.627. The average molecular weight is 189 g/mol. The number of benzene rings is 1. The Hall–Kier alpha value is -1.97.